The summed E-state index contributed by atoms with van der Waals surface area (Å²) in [6, 6.07) is 0. The molecule has 0 bridgehead atoms. The van der Waals surface area contributed by atoms with Gasteiger partial charge in [0.1, 0.15) is 0 Å². The van der Waals surface area contributed by atoms with Crippen LogP contribution < -0.4 is 0 Å². The summed E-state index contributed by atoms with van der Waals surface area (Å²) in [7, 11) is 0. The van der Waals surface area contributed by atoms with Gasteiger partial charge < -0.3 is 5.11 Å². The first-order valence-corrected chi connectivity index (χ1v) is 4.27. The number of rotatable bonds is 5. The van der Waals surface area contributed by atoms with E-state index in [1.807, 2.05) is 0 Å². The molecule has 1 heteroatoms. The van der Waals surface area contributed by atoms with Gasteiger partial charge >= 0.3 is 0 Å². The SMILES string of the molecule is CC(C)CC(C)CCCO. The smallest absolute Gasteiger partial charge is 0.0431 e. The number of hydrogen-bond acceptors (Lipinski definition) is 1. The second-order valence-corrected chi connectivity index (χ2v) is 3.60. The van der Waals surface area contributed by atoms with Gasteiger partial charge in [-0.05, 0) is 31.1 Å². The molecule has 0 radical (unpaired) electrons. The van der Waals surface area contributed by atoms with Crippen molar-refractivity contribution in [2.45, 2.75) is 40.0 Å². The highest BCUT2D eigenvalue weighted by atomic mass is 16.2. The second-order valence-electron chi connectivity index (χ2n) is 3.60. The van der Waals surface area contributed by atoms with Gasteiger partial charge in [0, 0.05) is 6.61 Å². The van der Waals surface area contributed by atoms with Gasteiger partial charge in [-0.3, -0.25) is 0 Å². The van der Waals surface area contributed by atoms with Crippen LogP contribution >= 0.6 is 0 Å². The highest BCUT2D eigenvalue weighted by Gasteiger charge is 2.03. The Morgan fingerprint density at radius 1 is 1.20 bits per heavy atom. The van der Waals surface area contributed by atoms with Gasteiger partial charge in [-0.2, -0.15) is 0 Å². The third-order valence-electron chi connectivity index (χ3n) is 1.73. The lowest BCUT2D eigenvalue weighted by Gasteiger charge is -2.12. The van der Waals surface area contributed by atoms with E-state index in [0.717, 1.165) is 18.3 Å². The predicted molar refractivity (Wildman–Crippen MR) is 44.9 cm³/mol. The molecule has 1 atom stereocenters. The summed E-state index contributed by atoms with van der Waals surface area (Å²) in [5.41, 5.74) is 0. The van der Waals surface area contributed by atoms with Crippen LogP contribution in [0, 0.1) is 11.8 Å². The van der Waals surface area contributed by atoms with Crippen molar-refractivity contribution in [1.82, 2.24) is 0 Å². The summed E-state index contributed by atoms with van der Waals surface area (Å²) in [6.45, 7) is 7.10. The maximum Gasteiger partial charge on any atom is 0.0431 e. The van der Waals surface area contributed by atoms with Crippen LogP contribution in [0.25, 0.3) is 0 Å². The van der Waals surface area contributed by atoms with E-state index in [0.29, 0.717) is 6.61 Å². The molecule has 0 heterocycles. The van der Waals surface area contributed by atoms with Crippen molar-refractivity contribution in [3.05, 3.63) is 0 Å². The minimum absolute atomic E-state index is 0.350. The normalized spacial score (nSPS) is 14.1. The Morgan fingerprint density at radius 3 is 2.20 bits per heavy atom. The zero-order valence-corrected chi connectivity index (χ0v) is 7.43. The first-order valence-electron chi connectivity index (χ1n) is 4.27. The molecule has 0 aromatic heterocycles. The summed E-state index contributed by atoms with van der Waals surface area (Å²) < 4.78 is 0. The molecule has 0 aromatic rings. The van der Waals surface area contributed by atoms with E-state index >= 15 is 0 Å². The lowest BCUT2D eigenvalue weighted by molar-refractivity contribution is 0.267. The van der Waals surface area contributed by atoms with Gasteiger partial charge in [-0.15, -0.1) is 0 Å². The number of aliphatic hydroxyl groups excluding tert-OH is 1. The largest absolute Gasteiger partial charge is 0.396 e. The van der Waals surface area contributed by atoms with Crippen LogP contribution in [0.15, 0.2) is 0 Å². The Labute approximate surface area is 64.5 Å². The average molecular weight is 144 g/mol. The first kappa shape index (κ1) is 9.96. The fraction of sp³-hybridized carbons (Fsp3) is 1.00. The molecule has 0 saturated carbocycles. The van der Waals surface area contributed by atoms with Crippen LogP contribution in [0.4, 0.5) is 0 Å². The third kappa shape index (κ3) is 6.09. The molecule has 62 valence electrons. The molecule has 0 rings (SSSR count). The molecule has 0 amide bonds. The lowest BCUT2D eigenvalue weighted by atomic mass is 9.95. The van der Waals surface area contributed by atoms with Crippen molar-refractivity contribution in [2.75, 3.05) is 6.61 Å². The van der Waals surface area contributed by atoms with Gasteiger partial charge in [0.25, 0.3) is 0 Å². The summed E-state index contributed by atoms with van der Waals surface area (Å²) in [5.74, 6) is 1.58. The van der Waals surface area contributed by atoms with E-state index in [4.69, 9.17) is 5.11 Å². The molecule has 0 saturated heterocycles. The van der Waals surface area contributed by atoms with Crippen molar-refractivity contribution in [3.8, 4) is 0 Å². The molecule has 0 aliphatic rings. The highest BCUT2D eigenvalue weighted by Crippen LogP contribution is 2.15. The van der Waals surface area contributed by atoms with Crippen LogP contribution in [0.1, 0.15) is 40.0 Å². The van der Waals surface area contributed by atoms with E-state index < -0.39 is 0 Å². The minimum Gasteiger partial charge on any atom is -0.396 e. The molecule has 1 unspecified atom stereocenters. The molecule has 0 fully saturated rings. The maximum absolute atomic E-state index is 8.55. The minimum atomic E-state index is 0.350. The Morgan fingerprint density at radius 2 is 1.80 bits per heavy atom. The van der Waals surface area contributed by atoms with Gasteiger partial charge in [-0.1, -0.05) is 20.8 Å². The number of aliphatic hydroxyl groups is 1. The standard InChI is InChI=1S/C9H20O/c1-8(2)7-9(3)5-4-6-10/h8-10H,4-7H2,1-3H3. The quantitative estimate of drug-likeness (QED) is 0.628. The average Bonchev–Trinajstić information content (AvgIpc) is 1.82. The molecule has 0 spiro atoms. The summed E-state index contributed by atoms with van der Waals surface area (Å²) in [5, 5.41) is 8.55. The van der Waals surface area contributed by atoms with Gasteiger partial charge in [0.2, 0.25) is 0 Å². The van der Waals surface area contributed by atoms with Crippen molar-refractivity contribution in [1.29, 1.82) is 0 Å². The molecule has 1 nitrogen and oxygen atoms in total. The van der Waals surface area contributed by atoms with E-state index in [1.165, 1.54) is 12.8 Å². The first-order chi connectivity index (χ1) is 4.66. The molecular weight excluding hydrogens is 124 g/mol. The van der Waals surface area contributed by atoms with Crippen LogP contribution in [0.5, 0.6) is 0 Å². The molecule has 10 heavy (non-hydrogen) atoms. The van der Waals surface area contributed by atoms with Crippen molar-refractivity contribution in [3.63, 3.8) is 0 Å². The van der Waals surface area contributed by atoms with E-state index in [1.54, 1.807) is 0 Å². The molecule has 1 N–H and O–H groups in total. The molecule has 0 aliphatic heterocycles. The van der Waals surface area contributed by atoms with Gasteiger partial charge in [0.15, 0.2) is 0 Å². The van der Waals surface area contributed by atoms with Crippen LogP contribution in [-0.4, -0.2) is 11.7 Å². The Kier molecular flexibility index (Phi) is 5.70. The van der Waals surface area contributed by atoms with Crippen LogP contribution in [-0.2, 0) is 0 Å². The van der Waals surface area contributed by atoms with E-state index in [-0.39, 0.29) is 0 Å². The van der Waals surface area contributed by atoms with Gasteiger partial charge in [-0.25, -0.2) is 0 Å². The van der Waals surface area contributed by atoms with Crippen LogP contribution in [0.3, 0.4) is 0 Å². The summed E-state index contributed by atoms with van der Waals surface area (Å²) in [6.07, 6.45) is 3.43. The highest BCUT2D eigenvalue weighted by molar-refractivity contribution is 4.55. The Bertz CT molecular complexity index is 69.1. The van der Waals surface area contributed by atoms with Crippen LogP contribution in [0.2, 0.25) is 0 Å². The Balaban J connectivity index is 3.16. The topological polar surface area (TPSA) is 20.2 Å². The van der Waals surface area contributed by atoms with Gasteiger partial charge in [0.05, 0.1) is 0 Å². The number of hydrogen-bond donors (Lipinski definition) is 1. The van der Waals surface area contributed by atoms with E-state index in [2.05, 4.69) is 20.8 Å². The predicted octanol–water partition coefficient (Wildman–Crippen LogP) is 2.44. The fourth-order valence-corrected chi connectivity index (χ4v) is 1.36. The zero-order valence-electron chi connectivity index (χ0n) is 7.43. The van der Waals surface area contributed by atoms with Crippen molar-refractivity contribution >= 4 is 0 Å². The second kappa shape index (κ2) is 5.72. The zero-order chi connectivity index (χ0) is 7.98. The van der Waals surface area contributed by atoms with Crippen molar-refractivity contribution in [2.24, 2.45) is 11.8 Å². The molecule has 0 aromatic carbocycles. The monoisotopic (exact) mass is 144 g/mol. The maximum atomic E-state index is 8.55. The Hall–Kier alpha value is -0.0400. The van der Waals surface area contributed by atoms with Crippen molar-refractivity contribution < 1.29 is 5.11 Å². The fourth-order valence-electron chi connectivity index (χ4n) is 1.36. The molecular formula is C9H20O. The lowest BCUT2D eigenvalue weighted by Crippen LogP contribution is -2.00. The summed E-state index contributed by atoms with van der Waals surface area (Å²) in [4.78, 5) is 0. The summed E-state index contributed by atoms with van der Waals surface area (Å²) >= 11 is 0. The third-order valence-corrected chi connectivity index (χ3v) is 1.73. The molecule has 0 aliphatic carbocycles. The van der Waals surface area contributed by atoms with E-state index in [9.17, 15) is 0 Å².